The lowest BCUT2D eigenvalue weighted by Crippen LogP contribution is -2.14. The molecule has 1 N–H and O–H groups in total. The van der Waals surface area contributed by atoms with Crippen LogP contribution >= 0.6 is 11.6 Å². The molecule has 1 amide bonds. The van der Waals surface area contributed by atoms with E-state index in [2.05, 4.69) is 5.32 Å². The molecule has 2 aromatic carbocycles. The van der Waals surface area contributed by atoms with Gasteiger partial charge in [-0.2, -0.15) is 0 Å². The summed E-state index contributed by atoms with van der Waals surface area (Å²) < 4.78 is 18.2. The van der Waals surface area contributed by atoms with Gasteiger partial charge in [0.15, 0.2) is 0 Å². The molecular formula is C14H10ClFN2O4. The summed E-state index contributed by atoms with van der Waals surface area (Å²) in [6.07, 6.45) is -0.848. The van der Waals surface area contributed by atoms with E-state index in [0.717, 1.165) is 6.07 Å². The van der Waals surface area contributed by atoms with Crippen LogP contribution in [0, 0.1) is 15.9 Å². The van der Waals surface area contributed by atoms with Crippen molar-refractivity contribution in [3.05, 3.63) is 69.0 Å². The van der Waals surface area contributed by atoms with E-state index in [4.69, 9.17) is 16.3 Å². The minimum absolute atomic E-state index is 0.00274. The molecule has 0 saturated heterocycles. The van der Waals surface area contributed by atoms with Crippen LogP contribution in [0.5, 0.6) is 0 Å². The van der Waals surface area contributed by atoms with E-state index in [0.29, 0.717) is 0 Å². The number of amides is 1. The molecule has 0 radical (unpaired) electrons. The van der Waals surface area contributed by atoms with Crippen LogP contribution in [0.2, 0.25) is 5.02 Å². The molecular weight excluding hydrogens is 315 g/mol. The number of ether oxygens (including phenoxy) is 1. The molecule has 8 heteroatoms. The molecule has 0 bridgehead atoms. The fraction of sp³-hybridized carbons (Fsp3) is 0.0714. The predicted octanol–water partition coefficient (Wildman–Crippen LogP) is 4.14. The Kier molecular flexibility index (Phi) is 4.90. The molecule has 0 atom stereocenters. The predicted molar refractivity (Wildman–Crippen MR) is 78.3 cm³/mol. The lowest BCUT2D eigenvalue weighted by Gasteiger charge is -2.08. The Bertz CT molecular complexity index is 724. The molecule has 0 unspecified atom stereocenters. The van der Waals surface area contributed by atoms with E-state index in [9.17, 15) is 19.3 Å². The highest BCUT2D eigenvalue weighted by molar-refractivity contribution is 6.33. The maximum absolute atomic E-state index is 13.4. The van der Waals surface area contributed by atoms with E-state index < -0.39 is 16.8 Å². The summed E-state index contributed by atoms with van der Waals surface area (Å²) in [7, 11) is 0. The van der Waals surface area contributed by atoms with Crippen LogP contribution in [0.15, 0.2) is 42.5 Å². The topological polar surface area (TPSA) is 81.5 Å². The highest BCUT2D eigenvalue weighted by Gasteiger charge is 2.12. The SMILES string of the molecule is O=C(Nc1ccc([N+](=O)[O-])cc1Cl)OCc1ccccc1F. The highest BCUT2D eigenvalue weighted by atomic mass is 35.5. The van der Waals surface area contributed by atoms with Gasteiger partial charge in [0, 0.05) is 17.7 Å². The number of rotatable bonds is 4. The molecule has 0 fully saturated rings. The van der Waals surface area contributed by atoms with Gasteiger partial charge in [0.1, 0.15) is 12.4 Å². The first-order chi connectivity index (χ1) is 10.5. The first kappa shape index (κ1) is 15.7. The van der Waals surface area contributed by atoms with Gasteiger partial charge >= 0.3 is 6.09 Å². The van der Waals surface area contributed by atoms with Crippen molar-refractivity contribution in [1.82, 2.24) is 0 Å². The number of carbonyl (C=O) groups excluding carboxylic acids is 1. The van der Waals surface area contributed by atoms with Crippen LogP contribution in [-0.2, 0) is 11.3 Å². The van der Waals surface area contributed by atoms with Crippen molar-refractivity contribution < 1.29 is 18.8 Å². The summed E-state index contributed by atoms with van der Waals surface area (Å²) in [5, 5.41) is 12.9. The van der Waals surface area contributed by atoms with Crippen molar-refractivity contribution in [2.45, 2.75) is 6.61 Å². The average Bonchev–Trinajstić information content (AvgIpc) is 2.48. The standard InChI is InChI=1S/C14H10ClFN2O4/c15-11-7-10(18(20)21)5-6-13(11)17-14(19)22-8-9-3-1-2-4-12(9)16/h1-7H,8H2,(H,17,19). The second-order valence-corrected chi connectivity index (χ2v) is 4.62. The highest BCUT2D eigenvalue weighted by Crippen LogP contribution is 2.26. The number of nitrogens with zero attached hydrogens (tertiary/aromatic N) is 1. The number of hydrogen-bond acceptors (Lipinski definition) is 4. The number of benzene rings is 2. The molecule has 0 saturated carbocycles. The number of nitro benzene ring substituents is 1. The zero-order chi connectivity index (χ0) is 16.1. The fourth-order valence-electron chi connectivity index (χ4n) is 1.62. The van der Waals surface area contributed by atoms with Gasteiger partial charge < -0.3 is 4.74 Å². The number of anilines is 1. The quantitative estimate of drug-likeness (QED) is 0.677. The molecule has 0 aliphatic heterocycles. The van der Waals surface area contributed by atoms with Crippen molar-refractivity contribution in [3.8, 4) is 0 Å². The minimum atomic E-state index is -0.848. The van der Waals surface area contributed by atoms with E-state index in [1.165, 1.54) is 30.3 Å². The number of nitro groups is 1. The summed E-state index contributed by atoms with van der Waals surface area (Å²) in [6, 6.07) is 9.46. The van der Waals surface area contributed by atoms with E-state index >= 15 is 0 Å². The van der Waals surface area contributed by atoms with Gasteiger partial charge in [0.2, 0.25) is 0 Å². The van der Waals surface area contributed by atoms with Crippen molar-refractivity contribution in [2.24, 2.45) is 0 Å². The molecule has 6 nitrogen and oxygen atoms in total. The fourth-order valence-corrected chi connectivity index (χ4v) is 1.85. The number of non-ortho nitro benzene ring substituents is 1. The zero-order valence-electron chi connectivity index (χ0n) is 11.1. The number of hydrogen-bond donors (Lipinski definition) is 1. The lowest BCUT2D eigenvalue weighted by molar-refractivity contribution is -0.384. The van der Waals surface area contributed by atoms with Gasteiger partial charge in [0.05, 0.1) is 15.6 Å². The Balaban J connectivity index is 1.98. The maximum Gasteiger partial charge on any atom is 0.412 e. The number of carbonyl (C=O) groups is 1. The van der Waals surface area contributed by atoms with Gasteiger partial charge in [-0.3, -0.25) is 15.4 Å². The third-order valence-electron chi connectivity index (χ3n) is 2.72. The monoisotopic (exact) mass is 324 g/mol. The van der Waals surface area contributed by atoms with Crippen LogP contribution in [-0.4, -0.2) is 11.0 Å². The van der Waals surface area contributed by atoms with Crippen LogP contribution in [0.4, 0.5) is 20.6 Å². The van der Waals surface area contributed by atoms with E-state index in [1.807, 2.05) is 0 Å². The van der Waals surface area contributed by atoms with Crippen LogP contribution < -0.4 is 5.32 Å². The van der Waals surface area contributed by atoms with Gasteiger partial charge in [0.25, 0.3) is 5.69 Å². The van der Waals surface area contributed by atoms with Crippen LogP contribution in [0.25, 0.3) is 0 Å². The number of nitrogens with one attached hydrogen (secondary N) is 1. The molecule has 114 valence electrons. The van der Waals surface area contributed by atoms with E-state index in [-0.39, 0.29) is 28.6 Å². The first-order valence-corrected chi connectivity index (χ1v) is 6.46. The van der Waals surface area contributed by atoms with Crippen molar-refractivity contribution >= 4 is 29.1 Å². The summed E-state index contributed by atoms with van der Waals surface area (Å²) >= 11 is 5.83. The zero-order valence-corrected chi connectivity index (χ0v) is 11.8. The van der Waals surface area contributed by atoms with Crippen LogP contribution in [0.3, 0.4) is 0 Å². The summed E-state index contributed by atoms with van der Waals surface area (Å²) in [4.78, 5) is 21.6. The van der Waals surface area contributed by atoms with Crippen molar-refractivity contribution in [1.29, 1.82) is 0 Å². The third kappa shape index (κ3) is 3.92. The second kappa shape index (κ2) is 6.86. The molecule has 0 spiro atoms. The molecule has 22 heavy (non-hydrogen) atoms. The van der Waals surface area contributed by atoms with Gasteiger partial charge in [-0.1, -0.05) is 29.8 Å². The van der Waals surface area contributed by atoms with Gasteiger partial charge in [-0.05, 0) is 12.1 Å². The summed E-state index contributed by atoms with van der Waals surface area (Å²) in [5.41, 5.74) is 0.188. The van der Waals surface area contributed by atoms with Crippen molar-refractivity contribution in [3.63, 3.8) is 0 Å². The number of halogens is 2. The molecule has 0 aromatic heterocycles. The summed E-state index contributed by atoms with van der Waals surface area (Å²) in [5.74, 6) is -0.483. The van der Waals surface area contributed by atoms with E-state index in [1.54, 1.807) is 6.07 Å². The molecule has 2 aromatic rings. The molecule has 0 aliphatic rings. The molecule has 2 rings (SSSR count). The Hall–Kier alpha value is -2.67. The van der Waals surface area contributed by atoms with Crippen LogP contribution in [0.1, 0.15) is 5.56 Å². The second-order valence-electron chi connectivity index (χ2n) is 4.21. The molecule has 0 heterocycles. The lowest BCUT2D eigenvalue weighted by atomic mass is 10.2. The molecule has 0 aliphatic carbocycles. The third-order valence-corrected chi connectivity index (χ3v) is 3.03. The Morgan fingerprint density at radius 1 is 1.32 bits per heavy atom. The van der Waals surface area contributed by atoms with Crippen molar-refractivity contribution in [2.75, 3.05) is 5.32 Å². The smallest absolute Gasteiger partial charge is 0.412 e. The maximum atomic E-state index is 13.4. The normalized spacial score (nSPS) is 10.1. The Morgan fingerprint density at radius 2 is 2.05 bits per heavy atom. The summed E-state index contributed by atoms with van der Waals surface area (Å²) in [6.45, 7) is -0.247. The first-order valence-electron chi connectivity index (χ1n) is 6.08. The largest absolute Gasteiger partial charge is 0.444 e. The minimum Gasteiger partial charge on any atom is -0.444 e. The Morgan fingerprint density at radius 3 is 2.68 bits per heavy atom. The average molecular weight is 325 g/mol. The van der Waals surface area contributed by atoms with Gasteiger partial charge in [-0.25, -0.2) is 9.18 Å². The Labute approximate surface area is 129 Å². The van der Waals surface area contributed by atoms with Gasteiger partial charge in [-0.15, -0.1) is 0 Å².